The van der Waals surface area contributed by atoms with E-state index in [9.17, 15) is 14.4 Å². The predicted octanol–water partition coefficient (Wildman–Crippen LogP) is 3.50. The van der Waals surface area contributed by atoms with Gasteiger partial charge in [0.1, 0.15) is 6.61 Å². The van der Waals surface area contributed by atoms with E-state index in [-0.39, 0.29) is 18.3 Å². The van der Waals surface area contributed by atoms with E-state index in [0.29, 0.717) is 28.3 Å². The van der Waals surface area contributed by atoms with Crippen molar-refractivity contribution >= 4 is 23.3 Å². The quantitative estimate of drug-likeness (QED) is 0.488. The van der Waals surface area contributed by atoms with Crippen LogP contribution in [0.2, 0.25) is 0 Å². The molecule has 1 atom stereocenters. The lowest BCUT2D eigenvalue weighted by molar-refractivity contribution is -0.153. The molecule has 4 rings (SSSR count). The normalized spacial score (nSPS) is 14.4. The number of ether oxygens (including phenoxy) is 3. The van der Waals surface area contributed by atoms with Gasteiger partial charge in [-0.05, 0) is 48.5 Å². The van der Waals surface area contributed by atoms with Crippen molar-refractivity contribution in [3.8, 4) is 11.5 Å². The number of Topliss-reactive ketones (excluding diaryl/α,β-unsaturated/α-hetero) is 1. The maximum atomic E-state index is 12.3. The first kappa shape index (κ1) is 20.2. The third-order valence-electron chi connectivity index (χ3n) is 4.62. The predicted molar refractivity (Wildman–Crippen MR) is 112 cm³/mol. The number of carbonyl (C=O) groups excluding carboxylic acids is 3. The van der Waals surface area contributed by atoms with Crippen molar-refractivity contribution in [1.29, 1.82) is 0 Å². The van der Waals surface area contributed by atoms with Crippen molar-refractivity contribution in [2.45, 2.75) is 6.10 Å². The van der Waals surface area contributed by atoms with Crippen molar-refractivity contribution in [3.63, 3.8) is 0 Å². The average molecular weight is 417 g/mol. The fraction of sp³-hybridized carbons (Fsp3) is 0.125. The Balaban J connectivity index is 1.29. The Morgan fingerprint density at radius 3 is 2.26 bits per heavy atom. The summed E-state index contributed by atoms with van der Waals surface area (Å²) in [5.74, 6) is -0.275. The van der Waals surface area contributed by atoms with Gasteiger partial charge in [0.05, 0.1) is 0 Å². The molecule has 0 unspecified atom stereocenters. The van der Waals surface area contributed by atoms with E-state index in [2.05, 4.69) is 5.32 Å². The van der Waals surface area contributed by atoms with E-state index < -0.39 is 18.7 Å². The third-order valence-corrected chi connectivity index (χ3v) is 4.62. The number of hydrogen-bond donors (Lipinski definition) is 1. The molecular weight excluding hydrogens is 398 g/mol. The van der Waals surface area contributed by atoms with Crippen LogP contribution in [0, 0.1) is 0 Å². The van der Waals surface area contributed by atoms with Crippen molar-refractivity contribution in [1.82, 2.24) is 0 Å². The van der Waals surface area contributed by atoms with Crippen LogP contribution in [0.3, 0.4) is 0 Å². The molecule has 1 aliphatic heterocycles. The second-order valence-corrected chi connectivity index (χ2v) is 6.79. The number of para-hydroxylation sites is 2. The van der Waals surface area contributed by atoms with Gasteiger partial charge in [0, 0.05) is 16.8 Å². The molecule has 7 nitrogen and oxygen atoms in total. The van der Waals surface area contributed by atoms with Crippen LogP contribution in [-0.2, 0) is 9.53 Å². The minimum Gasteiger partial charge on any atom is -0.485 e. The molecule has 1 amide bonds. The zero-order valence-corrected chi connectivity index (χ0v) is 16.4. The third kappa shape index (κ3) is 4.90. The second-order valence-electron chi connectivity index (χ2n) is 6.79. The highest BCUT2D eigenvalue weighted by molar-refractivity contribution is 6.04. The van der Waals surface area contributed by atoms with Crippen molar-refractivity contribution in [2.75, 3.05) is 18.5 Å². The zero-order valence-electron chi connectivity index (χ0n) is 16.4. The highest BCUT2D eigenvalue weighted by atomic mass is 16.6. The first-order valence-electron chi connectivity index (χ1n) is 9.65. The minimum absolute atomic E-state index is 0.0137. The monoisotopic (exact) mass is 417 g/mol. The second kappa shape index (κ2) is 9.13. The van der Waals surface area contributed by atoms with Gasteiger partial charge >= 0.3 is 5.97 Å². The SMILES string of the molecule is O=C(COC(=O)[C@@H]1COc2ccccc2O1)c1ccc(NC(=O)c2ccccc2)cc1. The van der Waals surface area contributed by atoms with Crippen molar-refractivity contribution in [2.24, 2.45) is 0 Å². The molecule has 7 heteroatoms. The fourth-order valence-electron chi connectivity index (χ4n) is 2.98. The molecule has 0 saturated carbocycles. The lowest BCUT2D eigenvalue weighted by Crippen LogP contribution is -2.38. The molecule has 0 radical (unpaired) electrons. The molecule has 0 fully saturated rings. The molecule has 0 spiro atoms. The maximum Gasteiger partial charge on any atom is 0.351 e. The number of amides is 1. The van der Waals surface area contributed by atoms with Crippen LogP contribution in [-0.4, -0.2) is 37.0 Å². The molecule has 1 N–H and O–H groups in total. The summed E-state index contributed by atoms with van der Waals surface area (Å²) in [6.45, 7) is -0.407. The first-order chi connectivity index (χ1) is 15.1. The molecule has 1 aliphatic rings. The lowest BCUT2D eigenvalue weighted by Gasteiger charge is -2.24. The van der Waals surface area contributed by atoms with Crippen LogP contribution in [0.1, 0.15) is 20.7 Å². The topological polar surface area (TPSA) is 90.9 Å². The lowest BCUT2D eigenvalue weighted by atomic mass is 10.1. The largest absolute Gasteiger partial charge is 0.485 e. The Kier molecular flexibility index (Phi) is 5.93. The number of carbonyl (C=O) groups is 3. The van der Waals surface area contributed by atoms with Gasteiger partial charge < -0.3 is 19.5 Å². The van der Waals surface area contributed by atoms with E-state index in [1.54, 1.807) is 72.8 Å². The van der Waals surface area contributed by atoms with Gasteiger partial charge in [-0.25, -0.2) is 4.79 Å². The summed E-state index contributed by atoms with van der Waals surface area (Å²) >= 11 is 0. The molecule has 1 heterocycles. The van der Waals surface area contributed by atoms with Crippen molar-refractivity contribution < 1.29 is 28.6 Å². The van der Waals surface area contributed by atoms with E-state index in [1.165, 1.54) is 0 Å². The van der Waals surface area contributed by atoms with Gasteiger partial charge in [0.25, 0.3) is 5.91 Å². The molecule has 0 bridgehead atoms. The Morgan fingerprint density at radius 2 is 1.52 bits per heavy atom. The van der Waals surface area contributed by atoms with Crippen LogP contribution in [0.15, 0.2) is 78.9 Å². The Morgan fingerprint density at radius 1 is 0.839 bits per heavy atom. The number of rotatable bonds is 6. The molecule has 3 aromatic carbocycles. The number of anilines is 1. The number of benzene rings is 3. The Bertz CT molecular complexity index is 1090. The van der Waals surface area contributed by atoms with Crippen molar-refractivity contribution in [3.05, 3.63) is 90.0 Å². The molecule has 3 aromatic rings. The van der Waals surface area contributed by atoms with Crippen LogP contribution < -0.4 is 14.8 Å². The summed E-state index contributed by atoms with van der Waals surface area (Å²) < 4.78 is 16.2. The molecule has 31 heavy (non-hydrogen) atoms. The van der Waals surface area contributed by atoms with Crippen LogP contribution in [0.4, 0.5) is 5.69 Å². The van der Waals surface area contributed by atoms with Crippen LogP contribution in [0.5, 0.6) is 11.5 Å². The molecule has 0 saturated heterocycles. The van der Waals surface area contributed by atoms with Gasteiger partial charge in [0.15, 0.2) is 23.9 Å². The first-order valence-corrected chi connectivity index (χ1v) is 9.65. The van der Waals surface area contributed by atoms with Gasteiger partial charge in [-0.15, -0.1) is 0 Å². The molecular formula is C24H19NO6. The molecule has 156 valence electrons. The highest BCUT2D eigenvalue weighted by Gasteiger charge is 2.29. The van der Waals surface area contributed by atoms with E-state index in [4.69, 9.17) is 14.2 Å². The fourth-order valence-corrected chi connectivity index (χ4v) is 2.98. The molecule has 0 aromatic heterocycles. The summed E-state index contributed by atoms with van der Waals surface area (Å²) in [6.07, 6.45) is -0.932. The van der Waals surface area contributed by atoms with E-state index in [0.717, 1.165) is 0 Å². The summed E-state index contributed by atoms with van der Waals surface area (Å²) in [5.41, 5.74) is 1.44. The number of nitrogens with one attached hydrogen (secondary N) is 1. The highest BCUT2D eigenvalue weighted by Crippen LogP contribution is 2.31. The number of esters is 1. The Hall–Kier alpha value is -4.13. The van der Waals surface area contributed by atoms with E-state index in [1.807, 2.05) is 6.07 Å². The van der Waals surface area contributed by atoms with Gasteiger partial charge in [0.2, 0.25) is 6.10 Å². The summed E-state index contributed by atoms with van der Waals surface area (Å²) in [5, 5.41) is 2.76. The summed E-state index contributed by atoms with van der Waals surface area (Å²) in [7, 11) is 0. The van der Waals surface area contributed by atoms with Gasteiger partial charge in [-0.2, -0.15) is 0 Å². The Labute approximate surface area is 178 Å². The van der Waals surface area contributed by atoms with Gasteiger partial charge in [-0.3, -0.25) is 9.59 Å². The van der Waals surface area contributed by atoms with Crippen LogP contribution >= 0.6 is 0 Å². The zero-order chi connectivity index (χ0) is 21.6. The number of hydrogen-bond acceptors (Lipinski definition) is 6. The standard InChI is InChI=1S/C24H19NO6/c26-19(14-30-24(28)22-15-29-20-8-4-5-9-21(20)31-22)16-10-12-18(13-11-16)25-23(27)17-6-2-1-3-7-17/h1-13,22H,14-15H2,(H,25,27)/t22-/m0/s1. The molecule has 0 aliphatic carbocycles. The minimum atomic E-state index is -0.932. The smallest absolute Gasteiger partial charge is 0.351 e. The van der Waals surface area contributed by atoms with E-state index >= 15 is 0 Å². The number of fused-ring (bicyclic) bond motifs is 1. The van der Waals surface area contributed by atoms with Crippen LogP contribution in [0.25, 0.3) is 0 Å². The number of ketones is 1. The van der Waals surface area contributed by atoms with Gasteiger partial charge in [-0.1, -0.05) is 30.3 Å². The summed E-state index contributed by atoms with van der Waals surface area (Å²) in [4.78, 5) is 36.8. The average Bonchev–Trinajstić information content (AvgIpc) is 2.83. The maximum absolute atomic E-state index is 12.3. The summed E-state index contributed by atoms with van der Waals surface area (Å²) in [6, 6.07) is 22.2.